The molecule has 0 spiro atoms. The van der Waals surface area contributed by atoms with Crippen LogP contribution in [0.25, 0.3) is 0 Å². The van der Waals surface area contributed by atoms with Gasteiger partial charge in [-0.15, -0.1) is 0 Å². The quantitative estimate of drug-likeness (QED) is 0.392. The fourth-order valence-corrected chi connectivity index (χ4v) is 3.18. The van der Waals surface area contributed by atoms with E-state index >= 15 is 0 Å². The predicted octanol–water partition coefficient (Wildman–Crippen LogP) is 3.81. The van der Waals surface area contributed by atoms with E-state index in [-0.39, 0.29) is 0 Å². The molecule has 1 aliphatic heterocycles. The number of allylic oxidation sites excluding steroid dienone is 1. The summed E-state index contributed by atoms with van der Waals surface area (Å²) < 4.78 is 89.2. The molecule has 12 heteroatoms. The second-order valence-corrected chi connectivity index (χ2v) is 6.69. The van der Waals surface area contributed by atoms with Gasteiger partial charge < -0.3 is 9.47 Å². The van der Waals surface area contributed by atoms with Gasteiger partial charge in [0.25, 0.3) is 0 Å². The summed E-state index contributed by atoms with van der Waals surface area (Å²) >= 11 is 5.96. The second-order valence-electron chi connectivity index (χ2n) is 6.10. The minimum Gasteiger partial charge on any atom is -0.467 e. The Morgan fingerprint density at radius 2 is 1.63 bits per heavy atom. The SMILES string of the molecule is COC(=O)C1=C(C(F)(F)F)N=C(C(F)(F)F)[C@@](Cl)(C(=O)OC)[C@H]1CC(C)C. The minimum absolute atomic E-state index is 0.474. The molecular weight excluding hydrogens is 408 g/mol. The Kier molecular flexibility index (Phi) is 6.62. The molecule has 0 N–H and O–H groups in total. The molecule has 0 unspecified atom stereocenters. The lowest BCUT2D eigenvalue weighted by molar-refractivity contribution is -0.146. The summed E-state index contributed by atoms with van der Waals surface area (Å²) in [6, 6.07) is 0. The molecule has 1 aliphatic rings. The van der Waals surface area contributed by atoms with Crippen LogP contribution < -0.4 is 0 Å². The van der Waals surface area contributed by atoms with Crippen LogP contribution in [-0.4, -0.2) is 49.1 Å². The van der Waals surface area contributed by atoms with Crippen molar-refractivity contribution in [1.29, 1.82) is 0 Å². The van der Waals surface area contributed by atoms with Crippen molar-refractivity contribution in [1.82, 2.24) is 0 Å². The molecule has 0 radical (unpaired) electrons. The predicted molar refractivity (Wildman–Crippen MR) is 82.1 cm³/mol. The van der Waals surface area contributed by atoms with Gasteiger partial charge >= 0.3 is 24.3 Å². The van der Waals surface area contributed by atoms with Gasteiger partial charge in [0.05, 0.1) is 19.8 Å². The van der Waals surface area contributed by atoms with E-state index in [0.29, 0.717) is 7.11 Å². The Bertz CT molecular complexity index is 683. The molecule has 0 amide bonds. The van der Waals surface area contributed by atoms with Crippen molar-refractivity contribution >= 4 is 29.3 Å². The average Bonchev–Trinajstić information content (AvgIpc) is 2.52. The molecule has 0 bridgehead atoms. The Hall–Kier alpha value is -1.78. The Labute approximate surface area is 155 Å². The van der Waals surface area contributed by atoms with Crippen molar-refractivity contribution in [2.75, 3.05) is 14.2 Å². The minimum atomic E-state index is -5.50. The molecule has 5 nitrogen and oxygen atoms in total. The van der Waals surface area contributed by atoms with Gasteiger partial charge in [-0.1, -0.05) is 25.4 Å². The van der Waals surface area contributed by atoms with Crippen LogP contribution >= 0.6 is 11.6 Å². The monoisotopic (exact) mass is 423 g/mol. The Balaban J connectivity index is 4.02. The van der Waals surface area contributed by atoms with Crippen molar-refractivity contribution in [3.63, 3.8) is 0 Å². The van der Waals surface area contributed by atoms with E-state index in [1.54, 1.807) is 0 Å². The maximum absolute atomic E-state index is 13.5. The van der Waals surface area contributed by atoms with Crippen LogP contribution in [0.15, 0.2) is 16.3 Å². The van der Waals surface area contributed by atoms with Crippen LogP contribution in [0.3, 0.4) is 0 Å². The fourth-order valence-electron chi connectivity index (χ4n) is 2.76. The fraction of sp³-hybridized carbons (Fsp3) is 0.667. The Morgan fingerprint density at radius 1 is 1.11 bits per heavy atom. The normalized spacial score (nSPS) is 24.0. The van der Waals surface area contributed by atoms with Crippen LogP contribution in [0.5, 0.6) is 0 Å². The smallest absolute Gasteiger partial charge is 0.433 e. The lowest BCUT2D eigenvalue weighted by Crippen LogP contribution is -2.58. The zero-order valence-corrected chi connectivity index (χ0v) is 15.3. The lowest BCUT2D eigenvalue weighted by Gasteiger charge is -2.39. The molecular formula is C15H16ClF6NO4. The third-order valence-electron chi connectivity index (χ3n) is 3.78. The summed E-state index contributed by atoms with van der Waals surface area (Å²) in [5, 5.41) is 0. The number of carbonyl (C=O) groups excluding carboxylic acids is 2. The number of rotatable bonds is 4. The topological polar surface area (TPSA) is 65.0 Å². The van der Waals surface area contributed by atoms with Crippen molar-refractivity contribution in [3.05, 3.63) is 11.3 Å². The van der Waals surface area contributed by atoms with E-state index in [1.165, 1.54) is 13.8 Å². The van der Waals surface area contributed by atoms with Crippen LogP contribution in [0.1, 0.15) is 20.3 Å². The average molecular weight is 424 g/mol. The number of ether oxygens (including phenoxy) is 2. The molecule has 0 saturated heterocycles. The van der Waals surface area contributed by atoms with E-state index in [9.17, 15) is 35.9 Å². The standard InChI is InChI=1S/C15H16ClF6NO4/c1-6(2)5-7-8(10(24)26-3)9(14(17,18)19)23-11(15(20,21)22)13(7,16)12(25)27-4/h6-7H,5H2,1-4H3/t7-,13+/m0/s1. The van der Waals surface area contributed by atoms with E-state index in [2.05, 4.69) is 14.5 Å². The highest BCUT2D eigenvalue weighted by molar-refractivity contribution is 6.48. The first-order valence-electron chi connectivity index (χ1n) is 7.45. The molecule has 0 fully saturated rings. The van der Waals surface area contributed by atoms with Crippen molar-refractivity contribution < 1.29 is 45.4 Å². The van der Waals surface area contributed by atoms with Gasteiger partial charge in [-0.25, -0.2) is 14.6 Å². The first kappa shape index (κ1) is 23.3. The molecule has 0 saturated carbocycles. The highest BCUT2D eigenvalue weighted by Crippen LogP contribution is 2.49. The highest BCUT2D eigenvalue weighted by atomic mass is 35.5. The first-order valence-corrected chi connectivity index (χ1v) is 7.83. The van der Waals surface area contributed by atoms with Gasteiger partial charge in [-0.3, -0.25) is 0 Å². The summed E-state index contributed by atoms with van der Waals surface area (Å²) in [6.45, 7) is 2.94. The van der Waals surface area contributed by atoms with Crippen molar-refractivity contribution in [2.24, 2.45) is 16.8 Å². The number of nitrogens with zero attached hydrogens (tertiary/aromatic N) is 1. The van der Waals surface area contributed by atoms with Crippen LogP contribution in [-0.2, 0) is 19.1 Å². The summed E-state index contributed by atoms with van der Waals surface area (Å²) in [5.41, 5.74) is -5.56. The number of carbonyl (C=O) groups is 2. The van der Waals surface area contributed by atoms with Gasteiger partial charge in [-0.05, 0) is 12.3 Å². The molecule has 1 heterocycles. The molecule has 27 heavy (non-hydrogen) atoms. The number of alkyl halides is 7. The van der Waals surface area contributed by atoms with Crippen LogP contribution in [0.2, 0.25) is 0 Å². The molecule has 0 aromatic carbocycles. The van der Waals surface area contributed by atoms with Crippen LogP contribution in [0, 0.1) is 11.8 Å². The van der Waals surface area contributed by atoms with Crippen molar-refractivity contribution in [2.45, 2.75) is 37.5 Å². The molecule has 0 aromatic rings. The summed E-state index contributed by atoms with van der Waals surface area (Å²) in [7, 11) is 1.46. The highest BCUT2D eigenvalue weighted by Gasteiger charge is 2.64. The lowest BCUT2D eigenvalue weighted by atomic mass is 9.74. The number of aliphatic imine (C=N–C) groups is 1. The molecule has 0 aromatic heterocycles. The van der Waals surface area contributed by atoms with Gasteiger partial charge in [0, 0.05) is 5.92 Å². The molecule has 1 rings (SSSR count). The molecule has 154 valence electrons. The zero-order chi connectivity index (χ0) is 21.4. The molecule has 2 atom stereocenters. The van der Waals surface area contributed by atoms with Gasteiger partial charge in [0.2, 0.25) is 0 Å². The zero-order valence-electron chi connectivity index (χ0n) is 14.6. The van der Waals surface area contributed by atoms with E-state index < -0.39 is 64.4 Å². The third kappa shape index (κ3) is 4.39. The number of halogens is 7. The number of esters is 2. The maximum Gasteiger partial charge on any atom is 0.433 e. The van der Waals surface area contributed by atoms with Crippen molar-refractivity contribution in [3.8, 4) is 0 Å². The van der Waals surface area contributed by atoms with E-state index in [4.69, 9.17) is 11.6 Å². The van der Waals surface area contributed by atoms with E-state index in [0.717, 1.165) is 7.11 Å². The first-order chi connectivity index (χ1) is 12.1. The maximum atomic E-state index is 13.5. The van der Waals surface area contributed by atoms with Gasteiger partial charge in [0.15, 0.2) is 16.3 Å². The number of hydrogen-bond donors (Lipinski definition) is 0. The van der Waals surface area contributed by atoms with Gasteiger partial charge in [0.1, 0.15) is 0 Å². The Morgan fingerprint density at radius 3 is 1.96 bits per heavy atom. The van der Waals surface area contributed by atoms with E-state index in [1.807, 2.05) is 0 Å². The largest absolute Gasteiger partial charge is 0.467 e. The molecule has 0 aliphatic carbocycles. The number of methoxy groups -OCH3 is 2. The number of hydrogen-bond acceptors (Lipinski definition) is 5. The van der Waals surface area contributed by atoms with Crippen LogP contribution in [0.4, 0.5) is 26.3 Å². The summed E-state index contributed by atoms with van der Waals surface area (Å²) in [4.78, 5) is 23.6. The van der Waals surface area contributed by atoms with Gasteiger partial charge in [-0.2, -0.15) is 26.3 Å². The summed E-state index contributed by atoms with van der Waals surface area (Å²) in [5.74, 6) is -5.86. The second kappa shape index (κ2) is 7.69. The third-order valence-corrected chi connectivity index (χ3v) is 4.38. The summed E-state index contributed by atoms with van der Waals surface area (Å²) in [6.07, 6.45) is -11.4.